The summed E-state index contributed by atoms with van der Waals surface area (Å²) in [5.41, 5.74) is 7.69. The van der Waals surface area contributed by atoms with Gasteiger partial charge >= 0.3 is 5.97 Å². The molecule has 1 aromatic carbocycles. The average molecular weight is 256 g/mol. The Morgan fingerprint density at radius 2 is 1.89 bits per heavy atom. The molecule has 1 heterocycles. The number of esters is 1. The highest BCUT2D eigenvalue weighted by Crippen LogP contribution is 2.05. The van der Waals surface area contributed by atoms with Crippen molar-refractivity contribution in [2.75, 3.05) is 0 Å². The van der Waals surface area contributed by atoms with E-state index in [1.165, 1.54) is 0 Å². The molecule has 98 valence electrons. The second kappa shape index (κ2) is 6.66. The first-order valence-corrected chi connectivity index (χ1v) is 6.11. The van der Waals surface area contributed by atoms with E-state index in [2.05, 4.69) is 4.98 Å². The maximum Gasteiger partial charge on any atom is 0.323 e. The van der Waals surface area contributed by atoms with Gasteiger partial charge in [0.15, 0.2) is 0 Å². The van der Waals surface area contributed by atoms with Gasteiger partial charge in [0.25, 0.3) is 0 Å². The lowest BCUT2D eigenvalue weighted by Crippen LogP contribution is -2.34. The molecule has 1 aromatic heterocycles. The first-order valence-electron chi connectivity index (χ1n) is 6.11. The molecular weight excluding hydrogens is 240 g/mol. The molecule has 0 amide bonds. The quantitative estimate of drug-likeness (QED) is 0.827. The summed E-state index contributed by atoms with van der Waals surface area (Å²) in [5.74, 6) is -0.396. The van der Waals surface area contributed by atoms with Gasteiger partial charge in [0.1, 0.15) is 12.6 Å². The van der Waals surface area contributed by atoms with Crippen LogP contribution in [0.2, 0.25) is 0 Å². The average Bonchev–Trinajstić information content (AvgIpc) is 2.47. The molecule has 0 radical (unpaired) electrons. The molecule has 0 spiro atoms. The summed E-state index contributed by atoms with van der Waals surface area (Å²) in [4.78, 5) is 15.7. The van der Waals surface area contributed by atoms with Gasteiger partial charge in [-0.1, -0.05) is 36.4 Å². The fourth-order valence-corrected chi connectivity index (χ4v) is 1.70. The smallest absolute Gasteiger partial charge is 0.323 e. The van der Waals surface area contributed by atoms with E-state index < -0.39 is 12.0 Å². The number of nitrogens with two attached hydrogens (primary N) is 1. The molecule has 19 heavy (non-hydrogen) atoms. The van der Waals surface area contributed by atoms with Gasteiger partial charge in [0.2, 0.25) is 0 Å². The van der Waals surface area contributed by atoms with Crippen molar-refractivity contribution in [1.82, 2.24) is 4.98 Å². The number of carbonyl (C=O) groups is 1. The molecule has 0 saturated heterocycles. The fraction of sp³-hybridized carbons (Fsp3) is 0.200. The second-order valence-corrected chi connectivity index (χ2v) is 4.27. The lowest BCUT2D eigenvalue weighted by molar-refractivity contribution is -0.146. The maximum atomic E-state index is 11.8. The monoisotopic (exact) mass is 256 g/mol. The van der Waals surface area contributed by atoms with Gasteiger partial charge in [-0.05, 0) is 18.1 Å². The van der Waals surface area contributed by atoms with Gasteiger partial charge < -0.3 is 10.5 Å². The number of aromatic nitrogens is 1. The Labute approximate surface area is 112 Å². The van der Waals surface area contributed by atoms with E-state index in [4.69, 9.17) is 10.5 Å². The molecule has 2 N–H and O–H groups in total. The van der Waals surface area contributed by atoms with Crippen LogP contribution in [0.1, 0.15) is 11.1 Å². The van der Waals surface area contributed by atoms with Gasteiger partial charge in [-0.25, -0.2) is 0 Å². The van der Waals surface area contributed by atoms with Gasteiger partial charge in [0, 0.05) is 18.0 Å². The standard InChI is InChI=1S/C15H16N2O2/c16-14(9-12-5-2-1-3-6-12)15(18)19-11-13-7-4-8-17-10-13/h1-8,10,14H,9,11,16H2/t14-/m0/s1. The van der Waals surface area contributed by atoms with Crippen molar-refractivity contribution in [2.24, 2.45) is 5.73 Å². The molecule has 0 aliphatic carbocycles. The topological polar surface area (TPSA) is 65.2 Å². The van der Waals surface area contributed by atoms with E-state index in [-0.39, 0.29) is 6.61 Å². The number of rotatable bonds is 5. The van der Waals surface area contributed by atoms with Crippen LogP contribution in [0, 0.1) is 0 Å². The number of ether oxygens (including phenoxy) is 1. The van der Waals surface area contributed by atoms with E-state index in [0.717, 1.165) is 11.1 Å². The van der Waals surface area contributed by atoms with Crippen LogP contribution in [0.5, 0.6) is 0 Å². The van der Waals surface area contributed by atoms with Crippen LogP contribution in [0.4, 0.5) is 0 Å². The van der Waals surface area contributed by atoms with Crippen molar-refractivity contribution >= 4 is 5.97 Å². The summed E-state index contributed by atoms with van der Waals surface area (Å²) < 4.78 is 5.16. The molecule has 4 heteroatoms. The molecule has 0 saturated carbocycles. The van der Waals surface area contributed by atoms with Crippen molar-refractivity contribution in [3.63, 3.8) is 0 Å². The number of pyridine rings is 1. The Hall–Kier alpha value is -2.20. The molecule has 1 atom stereocenters. The SMILES string of the molecule is N[C@@H](Cc1ccccc1)C(=O)OCc1cccnc1. The van der Waals surface area contributed by atoms with Crippen LogP contribution in [0.15, 0.2) is 54.9 Å². The zero-order chi connectivity index (χ0) is 13.5. The Bertz CT molecular complexity index is 514. The van der Waals surface area contributed by atoms with Gasteiger partial charge in [0.05, 0.1) is 0 Å². The van der Waals surface area contributed by atoms with Crippen molar-refractivity contribution in [2.45, 2.75) is 19.1 Å². The number of hydrogen-bond acceptors (Lipinski definition) is 4. The molecule has 0 aliphatic rings. The van der Waals surface area contributed by atoms with E-state index >= 15 is 0 Å². The predicted molar refractivity (Wildman–Crippen MR) is 72.2 cm³/mol. The van der Waals surface area contributed by atoms with Crippen LogP contribution in [-0.2, 0) is 22.6 Å². The summed E-state index contributed by atoms with van der Waals surface area (Å²) in [7, 11) is 0. The van der Waals surface area contributed by atoms with Crippen LogP contribution in [0.3, 0.4) is 0 Å². The van der Waals surface area contributed by atoms with E-state index in [1.54, 1.807) is 18.5 Å². The Balaban J connectivity index is 1.83. The molecule has 0 bridgehead atoms. The van der Waals surface area contributed by atoms with Crippen molar-refractivity contribution < 1.29 is 9.53 Å². The Morgan fingerprint density at radius 3 is 2.58 bits per heavy atom. The minimum atomic E-state index is -0.640. The third-order valence-electron chi connectivity index (χ3n) is 2.71. The largest absolute Gasteiger partial charge is 0.460 e. The van der Waals surface area contributed by atoms with Gasteiger partial charge in [-0.15, -0.1) is 0 Å². The molecule has 0 fully saturated rings. The first kappa shape index (κ1) is 13.2. The van der Waals surface area contributed by atoms with E-state index in [1.807, 2.05) is 36.4 Å². The van der Waals surface area contributed by atoms with Crippen LogP contribution in [-0.4, -0.2) is 17.0 Å². The zero-order valence-corrected chi connectivity index (χ0v) is 10.5. The molecular formula is C15H16N2O2. The highest BCUT2D eigenvalue weighted by atomic mass is 16.5. The summed E-state index contributed by atoms with van der Waals surface area (Å²) in [5, 5.41) is 0. The molecule has 4 nitrogen and oxygen atoms in total. The highest BCUT2D eigenvalue weighted by Gasteiger charge is 2.15. The molecule has 2 aromatic rings. The molecule has 2 rings (SSSR count). The van der Waals surface area contributed by atoms with Crippen LogP contribution >= 0.6 is 0 Å². The predicted octanol–water partition coefficient (Wildman–Crippen LogP) is 1.69. The summed E-state index contributed by atoms with van der Waals surface area (Å²) in [6.45, 7) is 0.204. The molecule has 0 aliphatic heterocycles. The second-order valence-electron chi connectivity index (χ2n) is 4.27. The third kappa shape index (κ3) is 4.19. The van der Waals surface area contributed by atoms with E-state index in [9.17, 15) is 4.79 Å². The zero-order valence-electron chi connectivity index (χ0n) is 10.5. The number of hydrogen-bond donors (Lipinski definition) is 1. The van der Waals surface area contributed by atoms with Crippen molar-refractivity contribution in [3.05, 3.63) is 66.0 Å². The maximum absolute atomic E-state index is 11.8. The van der Waals surface area contributed by atoms with Crippen LogP contribution < -0.4 is 5.73 Å². The lowest BCUT2D eigenvalue weighted by Gasteiger charge is -2.11. The van der Waals surface area contributed by atoms with E-state index in [0.29, 0.717) is 6.42 Å². The Kier molecular flexibility index (Phi) is 4.64. The fourth-order valence-electron chi connectivity index (χ4n) is 1.70. The van der Waals surface area contributed by atoms with Crippen molar-refractivity contribution in [3.8, 4) is 0 Å². The Morgan fingerprint density at radius 1 is 1.16 bits per heavy atom. The van der Waals surface area contributed by atoms with Crippen molar-refractivity contribution in [1.29, 1.82) is 0 Å². The summed E-state index contributed by atoms with van der Waals surface area (Å²) >= 11 is 0. The van der Waals surface area contributed by atoms with Gasteiger partial charge in [-0.2, -0.15) is 0 Å². The minimum Gasteiger partial charge on any atom is -0.460 e. The number of carbonyl (C=O) groups excluding carboxylic acids is 1. The number of nitrogens with zero attached hydrogens (tertiary/aromatic N) is 1. The lowest BCUT2D eigenvalue weighted by atomic mass is 10.1. The molecule has 0 unspecified atom stereocenters. The first-order chi connectivity index (χ1) is 9.25. The van der Waals surface area contributed by atoms with Crippen LogP contribution in [0.25, 0.3) is 0 Å². The number of benzene rings is 1. The normalized spacial score (nSPS) is 11.8. The van der Waals surface area contributed by atoms with Gasteiger partial charge in [-0.3, -0.25) is 9.78 Å². The third-order valence-corrected chi connectivity index (χ3v) is 2.71. The summed E-state index contributed by atoms with van der Waals surface area (Å²) in [6.07, 6.45) is 3.81. The minimum absolute atomic E-state index is 0.204. The highest BCUT2D eigenvalue weighted by molar-refractivity contribution is 5.75. The summed E-state index contributed by atoms with van der Waals surface area (Å²) in [6, 6.07) is 12.7.